The Morgan fingerprint density at radius 3 is 2.54 bits per heavy atom. The third-order valence-corrected chi connectivity index (χ3v) is 6.09. The number of hydrogen-bond acceptors (Lipinski definition) is 4. The Morgan fingerprint density at radius 2 is 1.93 bits per heavy atom. The molecule has 0 bridgehead atoms. The number of nitrogens with zero attached hydrogens (tertiary/aromatic N) is 2. The van der Waals surface area contributed by atoms with Gasteiger partial charge in [-0.25, -0.2) is 23.6 Å². The number of hydrogen-bond donors (Lipinski definition) is 1. The fraction of sp³-hybridized carbons (Fsp3) is 0.300. The minimum absolute atomic E-state index is 0.105. The number of aromatic nitrogens is 2. The van der Waals surface area contributed by atoms with Gasteiger partial charge in [0.2, 0.25) is 0 Å². The van der Waals surface area contributed by atoms with Crippen LogP contribution in [0.15, 0.2) is 35.5 Å². The van der Waals surface area contributed by atoms with Gasteiger partial charge in [-0.2, -0.15) is 0 Å². The zero-order chi connectivity index (χ0) is 20.6. The summed E-state index contributed by atoms with van der Waals surface area (Å²) in [5, 5.41) is 3.33. The summed E-state index contributed by atoms with van der Waals surface area (Å²) in [5.74, 6) is -1.65. The van der Waals surface area contributed by atoms with Crippen molar-refractivity contribution in [3.05, 3.63) is 47.9 Å². The molecule has 5 nitrogen and oxygen atoms in total. The quantitative estimate of drug-likeness (QED) is 0.616. The van der Waals surface area contributed by atoms with Gasteiger partial charge in [-0.05, 0) is 48.8 Å². The van der Waals surface area contributed by atoms with Crippen molar-refractivity contribution in [2.75, 3.05) is 30.7 Å². The molecule has 2 heterocycles. The first-order valence-electron chi connectivity index (χ1n) is 8.69. The van der Waals surface area contributed by atoms with E-state index in [0.717, 1.165) is 11.1 Å². The summed E-state index contributed by atoms with van der Waals surface area (Å²) in [6.07, 6.45) is 8.74. The maximum Gasteiger partial charge on any atom is 0.357 e. The fourth-order valence-corrected chi connectivity index (χ4v) is 3.97. The molecule has 0 saturated heterocycles. The second kappa shape index (κ2) is 7.43. The van der Waals surface area contributed by atoms with Crippen LogP contribution in [0.5, 0.6) is 0 Å². The molecule has 0 unspecified atom stereocenters. The van der Waals surface area contributed by atoms with Crippen LogP contribution in [-0.4, -0.2) is 40.9 Å². The summed E-state index contributed by atoms with van der Waals surface area (Å²) in [7, 11) is 0.475. The second-order valence-corrected chi connectivity index (χ2v) is 11.3. The lowest BCUT2D eigenvalue weighted by atomic mass is 10.2. The highest BCUT2D eigenvalue weighted by molar-refractivity contribution is 8.32. The lowest BCUT2D eigenvalue weighted by molar-refractivity contribution is 0.0517. The molecule has 0 aliphatic heterocycles. The molecule has 28 heavy (non-hydrogen) atoms. The van der Waals surface area contributed by atoms with Gasteiger partial charge in [0, 0.05) is 18.6 Å². The number of pyridine rings is 1. The molecule has 0 radical (unpaired) electrons. The molecule has 0 fully saturated rings. The van der Waals surface area contributed by atoms with E-state index in [1.165, 1.54) is 16.8 Å². The number of benzene rings is 1. The summed E-state index contributed by atoms with van der Waals surface area (Å²) in [6.45, 7) is 1.85. The lowest BCUT2D eigenvalue weighted by Crippen LogP contribution is -2.12. The molecule has 8 heteroatoms. The van der Waals surface area contributed by atoms with Gasteiger partial charge in [0.25, 0.3) is 0 Å². The number of carbonyl (C=O) groups excluding carboxylic acids is 1. The summed E-state index contributed by atoms with van der Waals surface area (Å²) in [5.41, 5.74) is 0.748. The van der Waals surface area contributed by atoms with E-state index in [1.807, 2.05) is 6.07 Å². The Bertz CT molecular complexity index is 1060. The van der Waals surface area contributed by atoms with E-state index in [9.17, 15) is 13.6 Å². The van der Waals surface area contributed by atoms with Crippen LogP contribution in [0.2, 0.25) is 0 Å². The lowest BCUT2D eigenvalue weighted by Gasteiger charge is -2.26. The zero-order valence-corrected chi connectivity index (χ0v) is 17.3. The van der Waals surface area contributed by atoms with Gasteiger partial charge in [-0.1, -0.05) is 0 Å². The number of fused-ring (bicyclic) bond motifs is 1. The molecule has 0 amide bonds. The molecule has 0 saturated carbocycles. The van der Waals surface area contributed by atoms with E-state index < -0.39 is 27.6 Å². The Morgan fingerprint density at radius 1 is 1.21 bits per heavy atom. The predicted molar refractivity (Wildman–Crippen MR) is 110 cm³/mol. The van der Waals surface area contributed by atoms with Gasteiger partial charge in [-0.15, -0.1) is 0 Å². The Hall–Kier alpha value is -2.61. The molecule has 3 aromatic rings. The first kappa shape index (κ1) is 20.1. The molecular formula is C20H23F2N3O2S. The van der Waals surface area contributed by atoms with Crippen molar-refractivity contribution < 1.29 is 18.3 Å². The van der Waals surface area contributed by atoms with Crippen molar-refractivity contribution in [2.24, 2.45) is 7.05 Å². The molecule has 0 spiro atoms. The SMILES string of the molecule is CCOC(=O)c1c(Nc2ccc(S(C)(C)C)cc2F)c2cncc(F)c2n1C. The van der Waals surface area contributed by atoms with E-state index in [0.29, 0.717) is 5.39 Å². The zero-order valence-electron chi connectivity index (χ0n) is 16.5. The van der Waals surface area contributed by atoms with Crippen molar-refractivity contribution in [3.8, 4) is 0 Å². The average Bonchev–Trinajstić information content (AvgIpc) is 2.89. The Labute approximate surface area is 164 Å². The third kappa shape index (κ3) is 3.56. The molecule has 0 aliphatic carbocycles. The van der Waals surface area contributed by atoms with Crippen LogP contribution in [-0.2, 0) is 11.8 Å². The Balaban J connectivity index is 2.16. The molecule has 2 aromatic heterocycles. The van der Waals surface area contributed by atoms with Gasteiger partial charge >= 0.3 is 5.97 Å². The van der Waals surface area contributed by atoms with E-state index in [-0.39, 0.29) is 29.2 Å². The molecule has 0 aliphatic rings. The first-order chi connectivity index (χ1) is 13.1. The van der Waals surface area contributed by atoms with Crippen molar-refractivity contribution >= 4 is 38.3 Å². The van der Waals surface area contributed by atoms with Crippen LogP contribution in [0.1, 0.15) is 17.4 Å². The summed E-state index contributed by atoms with van der Waals surface area (Å²) < 4.78 is 35.6. The van der Waals surface area contributed by atoms with Crippen LogP contribution in [0.25, 0.3) is 10.9 Å². The average molecular weight is 407 g/mol. The number of rotatable bonds is 5. The van der Waals surface area contributed by atoms with Gasteiger partial charge in [0.05, 0.1) is 29.7 Å². The second-order valence-electron chi connectivity index (χ2n) is 7.12. The van der Waals surface area contributed by atoms with Gasteiger partial charge in [-0.3, -0.25) is 4.98 Å². The predicted octanol–water partition coefficient (Wildman–Crippen LogP) is 4.82. The monoisotopic (exact) mass is 407 g/mol. The van der Waals surface area contributed by atoms with Crippen molar-refractivity contribution in [2.45, 2.75) is 11.8 Å². The maximum absolute atomic E-state index is 14.8. The molecule has 1 aromatic carbocycles. The van der Waals surface area contributed by atoms with Crippen LogP contribution in [0.3, 0.4) is 0 Å². The summed E-state index contributed by atoms with van der Waals surface area (Å²) in [6, 6.07) is 4.98. The normalized spacial score (nSPS) is 12.2. The van der Waals surface area contributed by atoms with Crippen LogP contribution < -0.4 is 5.32 Å². The fourth-order valence-electron chi connectivity index (χ4n) is 3.04. The van der Waals surface area contributed by atoms with Gasteiger partial charge < -0.3 is 14.6 Å². The highest BCUT2D eigenvalue weighted by Crippen LogP contribution is 2.46. The van der Waals surface area contributed by atoms with Crippen molar-refractivity contribution in [1.82, 2.24) is 9.55 Å². The van der Waals surface area contributed by atoms with Crippen LogP contribution in [0, 0.1) is 11.6 Å². The number of halogens is 2. The standard InChI is InChI=1S/C20H23F2N3O2S/c1-6-27-20(26)19-17(13-10-23-11-15(22)18(13)25(19)2)24-16-8-7-12(9-14(16)21)28(3,4)5/h7-11,24H,6H2,1-5H3. The van der Waals surface area contributed by atoms with Crippen molar-refractivity contribution in [1.29, 1.82) is 0 Å². The molecule has 0 atom stereocenters. The number of ether oxygens (including phenoxy) is 1. The van der Waals surface area contributed by atoms with Gasteiger partial charge in [0.15, 0.2) is 11.5 Å². The molecule has 3 rings (SSSR count). The number of carbonyl (C=O) groups is 1. The van der Waals surface area contributed by atoms with E-state index >= 15 is 0 Å². The third-order valence-electron chi connectivity index (χ3n) is 4.43. The van der Waals surface area contributed by atoms with Crippen LogP contribution in [0.4, 0.5) is 20.2 Å². The summed E-state index contributed by atoms with van der Waals surface area (Å²) in [4.78, 5) is 17.3. The largest absolute Gasteiger partial charge is 0.461 e. The van der Waals surface area contributed by atoms with Gasteiger partial charge in [0.1, 0.15) is 5.82 Å². The molecular weight excluding hydrogens is 384 g/mol. The number of anilines is 2. The summed E-state index contributed by atoms with van der Waals surface area (Å²) >= 11 is 0. The van der Waals surface area contributed by atoms with E-state index in [1.54, 1.807) is 20.0 Å². The first-order valence-corrected chi connectivity index (χ1v) is 11.5. The van der Waals surface area contributed by atoms with Crippen molar-refractivity contribution in [3.63, 3.8) is 0 Å². The maximum atomic E-state index is 14.8. The molecule has 150 valence electrons. The highest BCUT2D eigenvalue weighted by Gasteiger charge is 2.25. The highest BCUT2D eigenvalue weighted by atomic mass is 32.3. The minimum Gasteiger partial charge on any atom is -0.461 e. The van der Waals surface area contributed by atoms with Crippen LogP contribution >= 0.6 is 10.0 Å². The number of aryl methyl sites for hydroxylation is 1. The smallest absolute Gasteiger partial charge is 0.357 e. The number of esters is 1. The van der Waals surface area contributed by atoms with E-state index in [4.69, 9.17) is 4.74 Å². The topological polar surface area (TPSA) is 56.1 Å². The Kier molecular flexibility index (Phi) is 5.34. The van der Waals surface area contributed by atoms with E-state index in [2.05, 4.69) is 29.1 Å². The minimum atomic E-state index is -1.09. The molecule has 1 N–H and O–H groups in total. The number of nitrogens with one attached hydrogen (secondary N) is 1.